The maximum absolute atomic E-state index is 12.9. The predicted octanol–water partition coefficient (Wildman–Crippen LogP) is 4.07. The van der Waals surface area contributed by atoms with Crippen LogP contribution in [0.5, 0.6) is 0 Å². The Balaban J connectivity index is 1.69. The number of carbonyl (C=O) groups excluding carboxylic acids is 3. The van der Waals surface area contributed by atoms with E-state index in [0.717, 1.165) is 9.37 Å². The van der Waals surface area contributed by atoms with Crippen molar-refractivity contribution in [1.82, 2.24) is 5.32 Å². The Bertz CT molecular complexity index is 1260. The molecule has 1 aliphatic rings. The van der Waals surface area contributed by atoms with Crippen molar-refractivity contribution in [2.24, 2.45) is 0 Å². The highest BCUT2D eigenvalue weighted by atomic mass is 79.9. The van der Waals surface area contributed by atoms with Crippen molar-refractivity contribution in [3.63, 3.8) is 0 Å². The van der Waals surface area contributed by atoms with Gasteiger partial charge in [-0.1, -0.05) is 34.1 Å². The molecule has 0 unspecified atom stereocenters. The first-order valence-electron chi connectivity index (χ1n) is 8.94. The molecule has 0 saturated carbocycles. The van der Waals surface area contributed by atoms with E-state index in [0.29, 0.717) is 11.3 Å². The van der Waals surface area contributed by atoms with E-state index in [1.165, 1.54) is 24.3 Å². The average Bonchev–Trinajstić information content (AvgIpc) is 3.21. The third-order valence-corrected chi connectivity index (χ3v) is 5.05. The Morgan fingerprint density at radius 1 is 1.00 bits per heavy atom. The fourth-order valence-electron chi connectivity index (χ4n) is 3.08. The van der Waals surface area contributed by atoms with E-state index in [4.69, 9.17) is 4.42 Å². The molecule has 0 aliphatic carbocycles. The molecule has 31 heavy (non-hydrogen) atoms. The molecule has 0 atom stereocenters. The number of nitrogens with zero attached hydrogens (tertiary/aromatic N) is 1. The maximum Gasteiger partial charge on any atom is 0.336 e. The number of carboxylic acids is 1. The lowest BCUT2D eigenvalue weighted by molar-refractivity contribution is -0.122. The number of anilines is 1. The van der Waals surface area contributed by atoms with E-state index in [2.05, 4.69) is 21.2 Å². The lowest BCUT2D eigenvalue weighted by Crippen LogP contribution is -2.54. The van der Waals surface area contributed by atoms with E-state index in [1.54, 1.807) is 42.5 Å². The van der Waals surface area contributed by atoms with Gasteiger partial charge in [0.2, 0.25) is 0 Å². The molecule has 1 fully saturated rings. The van der Waals surface area contributed by atoms with Crippen molar-refractivity contribution >= 4 is 51.5 Å². The lowest BCUT2D eigenvalue weighted by Gasteiger charge is -2.26. The van der Waals surface area contributed by atoms with Crippen molar-refractivity contribution in [2.45, 2.75) is 0 Å². The molecule has 2 N–H and O–H groups in total. The third-order valence-electron chi connectivity index (χ3n) is 4.52. The molecule has 154 valence electrons. The Kier molecular flexibility index (Phi) is 5.26. The molecular formula is C22H13BrN2O6. The quantitative estimate of drug-likeness (QED) is 0.429. The summed E-state index contributed by atoms with van der Waals surface area (Å²) in [5.74, 6) is -2.36. The summed E-state index contributed by atoms with van der Waals surface area (Å²) in [6.45, 7) is 0. The number of barbiturate groups is 1. The van der Waals surface area contributed by atoms with Gasteiger partial charge in [0, 0.05) is 10.0 Å². The van der Waals surface area contributed by atoms with E-state index in [1.807, 2.05) is 0 Å². The topological polar surface area (TPSA) is 117 Å². The molecule has 1 aromatic heterocycles. The normalized spacial score (nSPS) is 15.3. The number of nitrogens with one attached hydrogen (secondary N) is 1. The first kappa shape index (κ1) is 20.3. The summed E-state index contributed by atoms with van der Waals surface area (Å²) in [4.78, 5) is 49.7. The summed E-state index contributed by atoms with van der Waals surface area (Å²) in [6, 6.07) is 14.9. The summed E-state index contributed by atoms with van der Waals surface area (Å²) in [5, 5.41) is 11.5. The molecule has 1 aliphatic heterocycles. The van der Waals surface area contributed by atoms with Crippen molar-refractivity contribution in [3.8, 4) is 11.3 Å². The van der Waals surface area contributed by atoms with Gasteiger partial charge in [0.1, 0.15) is 17.1 Å². The van der Waals surface area contributed by atoms with E-state index in [-0.39, 0.29) is 22.7 Å². The van der Waals surface area contributed by atoms with Gasteiger partial charge in [0.15, 0.2) is 0 Å². The summed E-state index contributed by atoms with van der Waals surface area (Å²) in [7, 11) is 0. The van der Waals surface area contributed by atoms with Gasteiger partial charge in [-0.3, -0.25) is 14.9 Å². The van der Waals surface area contributed by atoms with Crippen LogP contribution in [0.2, 0.25) is 0 Å². The van der Waals surface area contributed by atoms with Crippen LogP contribution in [0.3, 0.4) is 0 Å². The van der Waals surface area contributed by atoms with Gasteiger partial charge in [0.25, 0.3) is 11.8 Å². The number of benzene rings is 2. The highest BCUT2D eigenvalue weighted by Crippen LogP contribution is 2.28. The van der Waals surface area contributed by atoms with Crippen LogP contribution in [0.15, 0.2) is 75.1 Å². The predicted molar refractivity (Wildman–Crippen MR) is 114 cm³/mol. The first-order valence-corrected chi connectivity index (χ1v) is 9.74. The second-order valence-electron chi connectivity index (χ2n) is 6.49. The molecule has 0 spiro atoms. The zero-order chi connectivity index (χ0) is 22.1. The smallest absolute Gasteiger partial charge is 0.336 e. The number of hydrogen-bond acceptors (Lipinski definition) is 5. The zero-order valence-corrected chi connectivity index (χ0v) is 17.3. The second-order valence-corrected chi connectivity index (χ2v) is 7.40. The highest BCUT2D eigenvalue weighted by molar-refractivity contribution is 9.10. The molecule has 2 aromatic carbocycles. The number of aromatic carboxylic acids is 1. The van der Waals surface area contributed by atoms with Gasteiger partial charge < -0.3 is 9.52 Å². The Hall–Kier alpha value is -3.98. The molecule has 4 amide bonds. The number of carboxylic acid groups (broad SMARTS) is 1. The minimum Gasteiger partial charge on any atom is -0.478 e. The lowest BCUT2D eigenvalue weighted by atomic mass is 10.1. The van der Waals surface area contributed by atoms with Crippen LogP contribution in [0.4, 0.5) is 10.5 Å². The SMILES string of the molecule is O=C1NC(=O)N(c2ccc(Br)cc2)C(=O)/C1=C\c1ccc(-c2ccccc2C(=O)O)o1. The van der Waals surface area contributed by atoms with Crippen LogP contribution in [0, 0.1) is 0 Å². The Labute approximate surface area is 183 Å². The number of hydrogen-bond donors (Lipinski definition) is 2. The van der Waals surface area contributed by atoms with Crippen molar-refractivity contribution < 1.29 is 28.7 Å². The Morgan fingerprint density at radius 2 is 1.71 bits per heavy atom. The first-order chi connectivity index (χ1) is 14.8. The number of halogens is 1. The average molecular weight is 481 g/mol. The van der Waals surface area contributed by atoms with E-state index >= 15 is 0 Å². The minimum atomic E-state index is -1.11. The van der Waals surface area contributed by atoms with Crippen molar-refractivity contribution in [2.75, 3.05) is 4.90 Å². The fraction of sp³-hybridized carbons (Fsp3) is 0. The molecule has 0 radical (unpaired) electrons. The van der Waals surface area contributed by atoms with E-state index in [9.17, 15) is 24.3 Å². The van der Waals surface area contributed by atoms with Crippen LogP contribution in [-0.4, -0.2) is 28.9 Å². The van der Waals surface area contributed by atoms with Crippen molar-refractivity contribution in [3.05, 3.63) is 82.0 Å². The standard InChI is InChI=1S/C22H13BrN2O6/c23-12-5-7-13(8-6-12)25-20(27)17(19(26)24-22(25)30)11-14-9-10-18(31-14)15-3-1-2-4-16(15)21(28)29/h1-11H,(H,28,29)(H,24,26,30)/b17-11-. The summed E-state index contributed by atoms with van der Waals surface area (Å²) < 4.78 is 6.42. The van der Waals surface area contributed by atoms with Gasteiger partial charge in [-0.05, 0) is 48.5 Å². The van der Waals surface area contributed by atoms with Crippen LogP contribution in [-0.2, 0) is 9.59 Å². The molecule has 4 rings (SSSR count). The molecule has 0 bridgehead atoms. The van der Waals surface area contributed by atoms with Gasteiger partial charge in [-0.2, -0.15) is 0 Å². The number of imide groups is 2. The minimum absolute atomic E-state index is 0.0505. The fourth-order valence-corrected chi connectivity index (χ4v) is 3.35. The second kappa shape index (κ2) is 8.04. The summed E-state index contributed by atoms with van der Waals surface area (Å²) >= 11 is 3.28. The molecule has 9 heteroatoms. The number of carbonyl (C=O) groups is 4. The van der Waals surface area contributed by atoms with Crippen LogP contribution < -0.4 is 10.2 Å². The molecule has 3 aromatic rings. The molecule has 2 heterocycles. The number of amides is 4. The van der Waals surface area contributed by atoms with Crippen LogP contribution >= 0.6 is 15.9 Å². The van der Waals surface area contributed by atoms with Crippen LogP contribution in [0.25, 0.3) is 17.4 Å². The molecular weight excluding hydrogens is 468 g/mol. The van der Waals surface area contributed by atoms with Gasteiger partial charge in [0.05, 0.1) is 11.3 Å². The largest absolute Gasteiger partial charge is 0.478 e. The zero-order valence-electron chi connectivity index (χ0n) is 15.7. The Morgan fingerprint density at radius 3 is 2.42 bits per heavy atom. The number of furan rings is 1. The molecule has 1 saturated heterocycles. The van der Waals surface area contributed by atoms with Gasteiger partial charge >= 0.3 is 12.0 Å². The van der Waals surface area contributed by atoms with Gasteiger partial charge in [-0.25, -0.2) is 14.5 Å². The maximum atomic E-state index is 12.9. The summed E-state index contributed by atoms with van der Waals surface area (Å²) in [5.41, 5.74) is 0.398. The van der Waals surface area contributed by atoms with Gasteiger partial charge in [-0.15, -0.1) is 0 Å². The third kappa shape index (κ3) is 3.90. The molecule has 8 nitrogen and oxygen atoms in total. The summed E-state index contributed by atoms with van der Waals surface area (Å²) in [6.07, 6.45) is 1.21. The van der Waals surface area contributed by atoms with Crippen LogP contribution in [0.1, 0.15) is 16.1 Å². The number of rotatable bonds is 4. The van der Waals surface area contributed by atoms with Crippen molar-refractivity contribution in [1.29, 1.82) is 0 Å². The van der Waals surface area contributed by atoms with E-state index < -0.39 is 23.8 Å². The number of urea groups is 1. The highest BCUT2D eigenvalue weighted by Gasteiger charge is 2.37. The monoisotopic (exact) mass is 480 g/mol.